The van der Waals surface area contributed by atoms with Crippen molar-refractivity contribution in [2.45, 2.75) is 13.0 Å². The third-order valence-corrected chi connectivity index (χ3v) is 3.34. The Bertz CT molecular complexity index is 810. The van der Waals surface area contributed by atoms with Crippen LogP contribution in [0.1, 0.15) is 18.7 Å². The third-order valence-electron chi connectivity index (χ3n) is 3.34. The molecule has 4 heteroatoms. The zero-order valence-corrected chi connectivity index (χ0v) is 12.4. The molecule has 1 atom stereocenters. The van der Waals surface area contributed by atoms with Crippen LogP contribution in [-0.4, -0.2) is 0 Å². The van der Waals surface area contributed by atoms with E-state index in [9.17, 15) is 4.79 Å². The van der Waals surface area contributed by atoms with E-state index in [1.807, 2.05) is 55.5 Å². The van der Waals surface area contributed by atoms with Crippen LogP contribution < -0.4 is 11.4 Å². The van der Waals surface area contributed by atoms with Gasteiger partial charge in [0.1, 0.15) is 5.76 Å². The first-order chi connectivity index (χ1) is 9.68. The number of fused-ring (bicyclic) bond motifs is 1. The van der Waals surface area contributed by atoms with Crippen molar-refractivity contribution in [1.82, 2.24) is 0 Å². The molecule has 0 saturated heterocycles. The lowest BCUT2D eigenvalue weighted by Gasteiger charge is -2.13. The van der Waals surface area contributed by atoms with Crippen molar-refractivity contribution < 1.29 is 4.42 Å². The molecular weight excluding hydrogens is 286 g/mol. The average Bonchev–Trinajstić information content (AvgIpc) is 2.48. The molecule has 0 bridgehead atoms. The molecular formula is C17H16ClNO2. The van der Waals surface area contributed by atoms with Crippen molar-refractivity contribution in [3.05, 3.63) is 70.8 Å². The van der Waals surface area contributed by atoms with Gasteiger partial charge in [-0.05, 0) is 18.6 Å². The van der Waals surface area contributed by atoms with Crippen molar-refractivity contribution in [3.63, 3.8) is 0 Å². The molecule has 0 radical (unpaired) electrons. The van der Waals surface area contributed by atoms with Gasteiger partial charge in [-0.15, -0.1) is 12.4 Å². The zero-order valence-electron chi connectivity index (χ0n) is 11.6. The van der Waals surface area contributed by atoms with Gasteiger partial charge in [0.25, 0.3) is 0 Å². The smallest absolute Gasteiger partial charge is 0.343 e. The predicted octanol–water partition coefficient (Wildman–Crippen LogP) is 3.90. The molecule has 0 fully saturated rings. The Morgan fingerprint density at radius 2 is 1.52 bits per heavy atom. The van der Waals surface area contributed by atoms with E-state index in [0.29, 0.717) is 11.1 Å². The van der Waals surface area contributed by atoms with E-state index in [0.717, 1.165) is 16.5 Å². The summed E-state index contributed by atoms with van der Waals surface area (Å²) < 4.78 is 5.46. The van der Waals surface area contributed by atoms with Gasteiger partial charge in [0.15, 0.2) is 0 Å². The maximum absolute atomic E-state index is 12.1. The van der Waals surface area contributed by atoms with Gasteiger partial charge < -0.3 is 10.2 Å². The molecule has 1 heterocycles. The van der Waals surface area contributed by atoms with Crippen molar-refractivity contribution in [2.24, 2.45) is 5.73 Å². The first-order valence-corrected chi connectivity index (χ1v) is 6.55. The zero-order chi connectivity index (χ0) is 14.1. The van der Waals surface area contributed by atoms with E-state index in [4.69, 9.17) is 10.2 Å². The van der Waals surface area contributed by atoms with Crippen molar-refractivity contribution in [1.29, 1.82) is 0 Å². The average molecular weight is 302 g/mol. The summed E-state index contributed by atoms with van der Waals surface area (Å²) in [5.74, 6) is 0.528. The van der Waals surface area contributed by atoms with Gasteiger partial charge in [0.05, 0.1) is 11.4 Å². The fourth-order valence-corrected chi connectivity index (χ4v) is 2.44. The SMILES string of the molecule is CC(N)c1oc(=O)c2ccccc2c1-c1ccccc1.Cl. The lowest BCUT2D eigenvalue weighted by atomic mass is 9.96. The van der Waals surface area contributed by atoms with Crippen LogP contribution in [0.15, 0.2) is 63.8 Å². The Morgan fingerprint density at radius 3 is 2.14 bits per heavy atom. The summed E-state index contributed by atoms with van der Waals surface area (Å²) >= 11 is 0. The molecule has 0 aliphatic rings. The van der Waals surface area contributed by atoms with Crippen LogP contribution in [-0.2, 0) is 0 Å². The Labute approximate surface area is 128 Å². The summed E-state index contributed by atoms with van der Waals surface area (Å²) in [6, 6.07) is 17.0. The first kappa shape index (κ1) is 15.3. The second-order valence-corrected chi connectivity index (χ2v) is 4.83. The highest BCUT2D eigenvalue weighted by Gasteiger charge is 2.17. The number of hydrogen-bond donors (Lipinski definition) is 1. The topological polar surface area (TPSA) is 56.2 Å². The summed E-state index contributed by atoms with van der Waals surface area (Å²) in [7, 11) is 0. The highest BCUT2D eigenvalue weighted by Crippen LogP contribution is 2.32. The van der Waals surface area contributed by atoms with Crippen molar-refractivity contribution >= 4 is 23.2 Å². The number of nitrogens with two attached hydrogens (primary N) is 1. The van der Waals surface area contributed by atoms with Crippen LogP contribution in [0.5, 0.6) is 0 Å². The second kappa shape index (κ2) is 6.12. The van der Waals surface area contributed by atoms with Gasteiger partial charge in [-0.25, -0.2) is 4.79 Å². The van der Waals surface area contributed by atoms with Crippen molar-refractivity contribution in [2.75, 3.05) is 0 Å². The van der Waals surface area contributed by atoms with Gasteiger partial charge in [0.2, 0.25) is 0 Å². The van der Waals surface area contributed by atoms with Gasteiger partial charge in [-0.1, -0.05) is 48.5 Å². The van der Waals surface area contributed by atoms with E-state index in [2.05, 4.69) is 0 Å². The molecule has 0 saturated carbocycles. The molecule has 108 valence electrons. The minimum absolute atomic E-state index is 0. The van der Waals surface area contributed by atoms with Crippen LogP contribution in [0.25, 0.3) is 21.9 Å². The normalized spacial score (nSPS) is 11.9. The lowest BCUT2D eigenvalue weighted by molar-refractivity contribution is 0.444. The molecule has 0 amide bonds. The maximum Gasteiger partial charge on any atom is 0.343 e. The summed E-state index contributed by atoms with van der Waals surface area (Å²) in [5, 5.41) is 1.46. The van der Waals surface area contributed by atoms with E-state index in [-0.39, 0.29) is 24.1 Å². The summed E-state index contributed by atoms with van der Waals surface area (Å²) in [5.41, 5.74) is 7.54. The molecule has 0 aliphatic heterocycles. The highest BCUT2D eigenvalue weighted by atomic mass is 35.5. The van der Waals surface area contributed by atoms with Crippen LogP contribution >= 0.6 is 12.4 Å². The first-order valence-electron chi connectivity index (χ1n) is 6.55. The molecule has 0 aliphatic carbocycles. The summed E-state index contributed by atoms with van der Waals surface area (Å²) in [4.78, 5) is 12.1. The minimum Gasteiger partial charge on any atom is -0.425 e. The molecule has 2 N–H and O–H groups in total. The largest absolute Gasteiger partial charge is 0.425 e. The molecule has 2 aromatic carbocycles. The Hall–Kier alpha value is -2.10. The fraction of sp³-hybridized carbons (Fsp3) is 0.118. The van der Waals surface area contributed by atoms with Crippen molar-refractivity contribution in [3.8, 4) is 11.1 Å². The van der Waals surface area contributed by atoms with E-state index in [1.54, 1.807) is 6.07 Å². The molecule has 0 spiro atoms. The quantitative estimate of drug-likeness (QED) is 0.781. The Balaban J connectivity index is 0.00000161. The molecule has 3 rings (SSSR count). The standard InChI is InChI=1S/C17H15NO2.ClH/c1-11(18)16-15(12-7-3-2-4-8-12)13-9-5-6-10-14(13)17(19)20-16;/h2-11H,18H2,1H3;1H. The molecule has 3 nitrogen and oxygen atoms in total. The second-order valence-electron chi connectivity index (χ2n) is 4.83. The highest BCUT2D eigenvalue weighted by molar-refractivity contribution is 5.96. The number of rotatable bonds is 2. The van der Waals surface area contributed by atoms with Crippen LogP contribution in [0, 0.1) is 0 Å². The van der Waals surface area contributed by atoms with E-state index < -0.39 is 0 Å². The monoisotopic (exact) mass is 301 g/mol. The fourth-order valence-electron chi connectivity index (χ4n) is 2.44. The van der Waals surface area contributed by atoms with Gasteiger partial charge in [-0.3, -0.25) is 0 Å². The molecule has 21 heavy (non-hydrogen) atoms. The van der Waals surface area contributed by atoms with Crippen LogP contribution in [0.3, 0.4) is 0 Å². The minimum atomic E-state index is -0.345. The van der Waals surface area contributed by atoms with Crippen LogP contribution in [0.2, 0.25) is 0 Å². The Kier molecular flexibility index (Phi) is 4.46. The predicted molar refractivity (Wildman–Crippen MR) is 87.8 cm³/mol. The van der Waals surface area contributed by atoms with Crippen LogP contribution in [0.4, 0.5) is 0 Å². The molecule has 3 aromatic rings. The number of benzene rings is 2. The van der Waals surface area contributed by atoms with E-state index in [1.165, 1.54) is 0 Å². The van der Waals surface area contributed by atoms with Gasteiger partial charge in [0, 0.05) is 10.9 Å². The van der Waals surface area contributed by atoms with Gasteiger partial charge in [-0.2, -0.15) is 0 Å². The summed E-state index contributed by atoms with van der Waals surface area (Å²) in [6.45, 7) is 1.82. The van der Waals surface area contributed by atoms with E-state index >= 15 is 0 Å². The molecule has 1 aromatic heterocycles. The Morgan fingerprint density at radius 1 is 0.952 bits per heavy atom. The maximum atomic E-state index is 12.1. The summed E-state index contributed by atoms with van der Waals surface area (Å²) in [6.07, 6.45) is 0. The third kappa shape index (κ3) is 2.71. The lowest BCUT2D eigenvalue weighted by Crippen LogP contribution is -2.12. The molecule has 1 unspecified atom stereocenters. The number of halogens is 1. The van der Waals surface area contributed by atoms with Gasteiger partial charge >= 0.3 is 5.63 Å². The number of hydrogen-bond acceptors (Lipinski definition) is 3.